The Morgan fingerprint density at radius 3 is 2.89 bits per heavy atom. The first-order chi connectivity index (χ1) is 9.06. The maximum absolute atomic E-state index is 5.98. The van der Waals surface area contributed by atoms with E-state index in [4.69, 9.17) is 5.73 Å². The molecule has 1 saturated heterocycles. The molecule has 1 aliphatic heterocycles. The Hall–Kier alpha value is -0.540. The second-order valence-electron chi connectivity index (χ2n) is 5.98. The standard InChI is InChI=1S/C16H25BrN2/c1-12-4-3-8-19(9-7-12)16-11-15(17)6-5-14(16)10-13(2)18/h5-6,11-13H,3-4,7-10,18H2,1-2H3. The molecule has 2 rings (SSSR count). The van der Waals surface area contributed by atoms with Gasteiger partial charge in [-0.2, -0.15) is 0 Å². The summed E-state index contributed by atoms with van der Waals surface area (Å²) >= 11 is 3.60. The molecule has 1 fully saturated rings. The third-order valence-electron chi connectivity index (χ3n) is 3.95. The van der Waals surface area contributed by atoms with Crippen molar-refractivity contribution in [2.45, 2.75) is 45.6 Å². The minimum atomic E-state index is 0.214. The van der Waals surface area contributed by atoms with Crippen molar-refractivity contribution in [2.75, 3.05) is 18.0 Å². The SMILES string of the molecule is CC(N)Cc1ccc(Br)cc1N1CCCC(C)CC1. The predicted molar refractivity (Wildman–Crippen MR) is 86.7 cm³/mol. The second kappa shape index (κ2) is 6.76. The van der Waals surface area contributed by atoms with E-state index in [1.54, 1.807) is 0 Å². The lowest BCUT2D eigenvalue weighted by molar-refractivity contribution is 0.521. The maximum Gasteiger partial charge on any atom is 0.0410 e. The predicted octanol–water partition coefficient (Wildman–Crippen LogP) is 3.97. The first-order valence-electron chi connectivity index (χ1n) is 7.35. The zero-order valence-electron chi connectivity index (χ0n) is 12.0. The lowest BCUT2D eigenvalue weighted by Gasteiger charge is -2.26. The summed E-state index contributed by atoms with van der Waals surface area (Å²) in [5.74, 6) is 0.856. The third-order valence-corrected chi connectivity index (χ3v) is 4.44. The van der Waals surface area contributed by atoms with Gasteiger partial charge in [0.2, 0.25) is 0 Å². The van der Waals surface area contributed by atoms with Crippen LogP contribution >= 0.6 is 15.9 Å². The molecular weight excluding hydrogens is 300 g/mol. The van der Waals surface area contributed by atoms with Crippen molar-refractivity contribution in [3.8, 4) is 0 Å². The van der Waals surface area contributed by atoms with E-state index >= 15 is 0 Å². The van der Waals surface area contributed by atoms with Gasteiger partial charge in [0.15, 0.2) is 0 Å². The number of nitrogens with zero attached hydrogens (tertiary/aromatic N) is 1. The van der Waals surface area contributed by atoms with Crippen molar-refractivity contribution in [2.24, 2.45) is 11.7 Å². The number of hydrogen-bond donors (Lipinski definition) is 1. The summed E-state index contributed by atoms with van der Waals surface area (Å²) in [5.41, 5.74) is 8.74. The van der Waals surface area contributed by atoms with E-state index in [0.29, 0.717) is 0 Å². The lowest BCUT2D eigenvalue weighted by Crippen LogP contribution is -2.27. The zero-order chi connectivity index (χ0) is 13.8. The average molecular weight is 325 g/mol. The quantitative estimate of drug-likeness (QED) is 0.911. The number of anilines is 1. The van der Waals surface area contributed by atoms with Crippen molar-refractivity contribution in [1.29, 1.82) is 0 Å². The molecule has 19 heavy (non-hydrogen) atoms. The van der Waals surface area contributed by atoms with Gasteiger partial charge < -0.3 is 10.6 Å². The fourth-order valence-electron chi connectivity index (χ4n) is 2.85. The lowest BCUT2D eigenvalue weighted by atomic mass is 10.0. The van der Waals surface area contributed by atoms with Crippen molar-refractivity contribution >= 4 is 21.6 Å². The van der Waals surface area contributed by atoms with Crippen LogP contribution < -0.4 is 10.6 Å². The van der Waals surface area contributed by atoms with E-state index in [9.17, 15) is 0 Å². The largest absolute Gasteiger partial charge is 0.371 e. The highest BCUT2D eigenvalue weighted by Gasteiger charge is 2.17. The number of benzene rings is 1. The Kier molecular flexibility index (Phi) is 5.28. The third kappa shape index (κ3) is 4.22. The highest BCUT2D eigenvalue weighted by molar-refractivity contribution is 9.10. The molecule has 2 nitrogen and oxygen atoms in total. The van der Waals surface area contributed by atoms with Gasteiger partial charge in [-0.15, -0.1) is 0 Å². The van der Waals surface area contributed by atoms with Gasteiger partial charge in [-0.3, -0.25) is 0 Å². The molecule has 0 spiro atoms. The Bertz CT molecular complexity index is 417. The van der Waals surface area contributed by atoms with Crippen molar-refractivity contribution < 1.29 is 0 Å². The summed E-state index contributed by atoms with van der Waals surface area (Å²) in [5, 5.41) is 0. The summed E-state index contributed by atoms with van der Waals surface area (Å²) in [4.78, 5) is 2.55. The number of nitrogens with two attached hydrogens (primary N) is 1. The molecule has 1 aromatic rings. The first-order valence-corrected chi connectivity index (χ1v) is 8.14. The Labute approximate surface area is 125 Å². The summed E-state index contributed by atoms with van der Waals surface area (Å²) in [6.07, 6.45) is 4.90. The monoisotopic (exact) mass is 324 g/mol. The minimum absolute atomic E-state index is 0.214. The molecule has 0 radical (unpaired) electrons. The topological polar surface area (TPSA) is 29.3 Å². The molecular formula is C16H25BrN2. The summed E-state index contributed by atoms with van der Waals surface area (Å²) < 4.78 is 1.16. The molecule has 1 heterocycles. The van der Waals surface area contributed by atoms with Crippen molar-refractivity contribution in [3.63, 3.8) is 0 Å². The van der Waals surface area contributed by atoms with E-state index in [1.165, 1.54) is 43.6 Å². The zero-order valence-corrected chi connectivity index (χ0v) is 13.6. The Morgan fingerprint density at radius 1 is 1.37 bits per heavy atom. The smallest absolute Gasteiger partial charge is 0.0410 e. The van der Waals surface area contributed by atoms with Gasteiger partial charge in [-0.05, 0) is 56.2 Å². The van der Waals surface area contributed by atoms with Gasteiger partial charge in [-0.1, -0.05) is 28.9 Å². The summed E-state index contributed by atoms with van der Waals surface area (Å²) in [6.45, 7) is 6.79. The number of rotatable bonds is 3. The molecule has 2 unspecified atom stereocenters. The fourth-order valence-corrected chi connectivity index (χ4v) is 3.20. The van der Waals surface area contributed by atoms with Gasteiger partial charge in [-0.25, -0.2) is 0 Å². The molecule has 106 valence electrons. The maximum atomic E-state index is 5.98. The highest BCUT2D eigenvalue weighted by atomic mass is 79.9. The van der Waals surface area contributed by atoms with Crippen LogP contribution in [0.5, 0.6) is 0 Å². The molecule has 1 aromatic carbocycles. The van der Waals surface area contributed by atoms with Gasteiger partial charge >= 0.3 is 0 Å². The van der Waals surface area contributed by atoms with Gasteiger partial charge in [0.05, 0.1) is 0 Å². The van der Waals surface area contributed by atoms with Crippen LogP contribution in [0.3, 0.4) is 0 Å². The average Bonchev–Trinajstić information content (AvgIpc) is 2.56. The van der Waals surface area contributed by atoms with E-state index < -0.39 is 0 Å². The Balaban J connectivity index is 2.23. The van der Waals surface area contributed by atoms with E-state index in [2.05, 4.69) is 52.9 Å². The van der Waals surface area contributed by atoms with Crippen LogP contribution in [-0.4, -0.2) is 19.1 Å². The molecule has 3 heteroatoms. The number of halogens is 1. The molecule has 0 aromatic heterocycles. The van der Waals surface area contributed by atoms with Crippen LogP contribution in [0.15, 0.2) is 22.7 Å². The van der Waals surface area contributed by atoms with Crippen LogP contribution in [0.2, 0.25) is 0 Å². The van der Waals surface area contributed by atoms with Crippen LogP contribution in [0.4, 0.5) is 5.69 Å². The molecule has 0 amide bonds. The first kappa shape index (κ1) is 14.9. The highest BCUT2D eigenvalue weighted by Crippen LogP contribution is 2.29. The minimum Gasteiger partial charge on any atom is -0.371 e. The van der Waals surface area contributed by atoms with Gasteiger partial charge in [0.25, 0.3) is 0 Å². The second-order valence-corrected chi connectivity index (χ2v) is 6.89. The molecule has 2 N–H and O–H groups in total. The molecule has 2 atom stereocenters. The Morgan fingerprint density at radius 2 is 2.16 bits per heavy atom. The fraction of sp³-hybridized carbons (Fsp3) is 0.625. The molecule has 1 aliphatic rings. The summed E-state index contributed by atoms with van der Waals surface area (Å²) in [6, 6.07) is 6.82. The van der Waals surface area contributed by atoms with Gasteiger partial charge in [0, 0.05) is 29.3 Å². The molecule has 0 saturated carbocycles. The van der Waals surface area contributed by atoms with Crippen LogP contribution in [0.1, 0.15) is 38.7 Å². The van der Waals surface area contributed by atoms with Crippen molar-refractivity contribution in [3.05, 3.63) is 28.2 Å². The number of hydrogen-bond acceptors (Lipinski definition) is 2. The summed E-state index contributed by atoms with van der Waals surface area (Å²) in [7, 11) is 0. The normalized spacial score (nSPS) is 22.1. The molecule has 0 bridgehead atoms. The van der Waals surface area contributed by atoms with E-state index in [0.717, 1.165) is 16.8 Å². The van der Waals surface area contributed by atoms with Gasteiger partial charge in [0.1, 0.15) is 0 Å². The van der Waals surface area contributed by atoms with E-state index in [-0.39, 0.29) is 6.04 Å². The van der Waals surface area contributed by atoms with Crippen molar-refractivity contribution in [1.82, 2.24) is 0 Å². The van der Waals surface area contributed by atoms with Crippen LogP contribution in [0, 0.1) is 5.92 Å². The van der Waals surface area contributed by atoms with Crippen LogP contribution in [0.25, 0.3) is 0 Å². The van der Waals surface area contributed by atoms with E-state index in [1.807, 2.05) is 0 Å². The van der Waals surface area contributed by atoms with Crippen LogP contribution in [-0.2, 0) is 6.42 Å². The molecule has 0 aliphatic carbocycles.